The topological polar surface area (TPSA) is 41.5 Å². The SMILES string of the molecule is CCOCCCNCc1cc(C)ccc1O. The number of phenols is 1. The zero-order valence-electron chi connectivity index (χ0n) is 10.1. The molecule has 0 aromatic heterocycles. The molecule has 3 nitrogen and oxygen atoms in total. The molecule has 0 amide bonds. The predicted octanol–water partition coefficient (Wildman–Crippen LogP) is 2.22. The second kappa shape index (κ2) is 7.25. The molecular formula is C13H21NO2. The summed E-state index contributed by atoms with van der Waals surface area (Å²) in [7, 11) is 0. The Morgan fingerprint density at radius 3 is 2.94 bits per heavy atom. The van der Waals surface area contributed by atoms with Crippen molar-refractivity contribution >= 4 is 0 Å². The summed E-state index contributed by atoms with van der Waals surface area (Å²) in [5.74, 6) is 0.364. The molecule has 0 radical (unpaired) electrons. The molecule has 0 saturated heterocycles. The van der Waals surface area contributed by atoms with Crippen LogP contribution in [0, 0.1) is 6.92 Å². The van der Waals surface area contributed by atoms with E-state index in [1.165, 1.54) is 5.56 Å². The Morgan fingerprint density at radius 1 is 1.38 bits per heavy atom. The van der Waals surface area contributed by atoms with Crippen molar-refractivity contribution in [1.29, 1.82) is 0 Å². The molecule has 0 saturated carbocycles. The number of benzene rings is 1. The van der Waals surface area contributed by atoms with Crippen molar-refractivity contribution in [3.05, 3.63) is 29.3 Å². The van der Waals surface area contributed by atoms with Crippen LogP contribution in [0.5, 0.6) is 5.75 Å². The Labute approximate surface area is 97.4 Å². The van der Waals surface area contributed by atoms with Crippen LogP contribution in [0.3, 0.4) is 0 Å². The van der Waals surface area contributed by atoms with Gasteiger partial charge in [-0.25, -0.2) is 0 Å². The Bertz CT molecular complexity index is 313. The van der Waals surface area contributed by atoms with Gasteiger partial charge in [-0.15, -0.1) is 0 Å². The average Bonchev–Trinajstić information content (AvgIpc) is 2.28. The van der Waals surface area contributed by atoms with E-state index in [1.54, 1.807) is 6.07 Å². The van der Waals surface area contributed by atoms with E-state index in [0.29, 0.717) is 12.3 Å². The fourth-order valence-corrected chi connectivity index (χ4v) is 1.52. The van der Waals surface area contributed by atoms with Crippen molar-refractivity contribution in [2.24, 2.45) is 0 Å². The van der Waals surface area contributed by atoms with E-state index in [1.807, 2.05) is 26.0 Å². The number of hydrogen-bond donors (Lipinski definition) is 2. The lowest BCUT2D eigenvalue weighted by atomic mass is 10.1. The normalized spacial score (nSPS) is 10.6. The largest absolute Gasteiger partial charge is 0.508 e. The minimum absolute atomic E-state index is 0.364. The monoisotopic (exact) mass is 223 g/mol. The first-order chi connectivity index (χ1) is 7.74. The summed E-state index contributed by atoms with van der Waals surface area (Å²) >= 11 is 0. The highest BCUT2D eigenvalue weighted by Gasteiger charge is 2.00. The lowest BCUT2D eigenvalue weighted by Gasteiger charge is -2.07. The van der Waals surface area contributed by atoms with E-state index in [-0.39, 0.29) is 0 Å². The van der Waals surface area contributed by atoms with Gasteiger partial charge in [0.25, 0.3) is 0 Å². The van der Waals surface area contributed by atoms with Crippen molar-refractivity contribution in [2.75, 3.05) is 19.8 Å². The van der Waals surface area contributed by atoms with Gasteiger partial charge in [0.15, 0.2) is 0 Å². The van der Waals surface area contributed by atoms with Crippen LogP contribution < -0.4 is 5.32 Å². The lowest BCUT2D eigenvalue weighted by Crippen LogP contribution is -2.16. The van der Waals surface area contributed by atoms with E-state index < -0.39 is 0 Å². The van der Waals surface area contributed by atoms with Crippen LogP contribution in [-0.2, 0) is 11.3 Å². The average molecular weight is 223 g/mol. The number of aromatic hydroxyl groups is 1. The van der Waals surface area contributed by atoms with Crippen molar-refractivity contribution in [3.8, 4) is 5.75 Å². The van der Waals surface area contributed by atoms with E-state index in [0.717, 1.165) is 31.7 Å². The smallest absolute Gasteiger partial charge is 0.120 e. The Kier molecular flexibility index (Phi) is 5.90. The van der Waals surface area contributed by atoms with Crippen LogP contribution in [-0.4, -0.2) is 24.9 Å². The zero-order valence-corrected chi connectivity index (χ0v) is 10.1. The summed E-state index contributed by atoms with van der Waals surface area (Å²) in [6.07, 6.45) is 1.00. The minimum atomic E-state index is 0.364. The summed E-state index contributed by atoms with van der Waals surface area (Å²) in [6.45, 7) is 7.21. The van der Waals surface area contributed by atoms with Gasteiger partial charge in [0.1, 0.15) is 5.75 Å². The number of hydrogen-bond acceptors (Lipinski definition) is 3. The number of aryl methyl sites for hydroxylation is 1. The molecular weight excluding hydrogens is 202 g/mol. The Morgan fingerprint density at radius 2 is 2.19 bits per heavy atom. The fraction of sp³-hybridized carbons (Fsp3) is 0.538. The quantitative estimate of drug-likeness (QED) is 0.696. The highest BCUT2D eigenvalue weighted by molar-refractivity contribution is 5.35. The summed E-state index contributed by atoms with van der Waals surface area (Å²) in [4.78, 5) is 0. The Hall–Kier alpha value is -1.06. The van der Waals surface area contributed by atoms with Crippen LogP contribution in [0.4, 0.5) is 0 Å². The molecule has 1 rings (SSSR count). The van der Waals surface area contributed by atoms with Gasteiger partial charge in [-0.2, -0.15) is 0 Å². The zero-order chi connectivity index (χ0) is 11.8. The van der Waals surface area contributed by atoms with Crippen LogP contribution in [0.1, 0.15) is 24.5 Å². The molecule has 0 atom stereocenters. The highest BCUT2D eigenvalue weighted by atomic mass is 16.5. The first kappa shape index (κ1) is 13.0. The van der Waals surface area contributed by atoms with Gasteiger partial charge in [0.2, 0.25) is 0 Å². The van der Waals surface area contributed by atoms with Crippen molar-refractivity contribution < 1.29 is 9.84 Å². The second-order valence-corrected chi connectivity index (χ2v) is 3.86. The molecule has 0 aliphatic carbocycles. The van der Waals surface area contributed by atoms with Gasteiger partial charge in [-0.3, -0.25) is 0 Å². The molecule has 0 spiro atoms. The molecule has 90 valence electrons. The summed E-state index contributed by atoms with van der Waals surface area (Å²) in [5.41, 5.74) is 2.13. The second-order valence-electron chi connectivity index (χ2n) is 3.86. The minimum Gasteiger partial charge on any atom is -0.508 e. The summed E-state index contributed by atoms with van der Waals surface area (Å²) < 4.78 is 5.24. The number of phenolic OH excluding ortho intramolecular Hbond substituents is 1. The lowest BCUT2D eigenvalue weighted by molar-refractivity contribution is 0.144. The van der Waals surface area contributed by atoms with Gasteiger partial charge >= 0.3 is 0 Å². The first-order valence-electron chi connectivity index (χ1n) is 5.81. The number of rotatable bonds is 7. The van der Waals surface area contributed by atoms with E-state index in [2.05, 4.69) is 5.32 Å². The van der Waals surface area contributed by atoms with Gasteiger partial charge in [-0.1, -0.05) is 17.7 Å². The van der Waals surface area contributed by atoms with Crippen molar-refractivity contribution in [3.63, 3.8) is 0 Å². The van der Waals surface area contributed by atoms with E-state index >= 15 is 0 Å². The van der Waals surface area contributed by atoms with Gasteiger partial charge < -0.3 is 15.2 Å². The van der Waals surface area contributed by atoms with E-state index in [9.17, 15) is 5.11 Å². The fourth-order valence-electron chi connectivity index (χ4n) is 1.52. The van der Waals surface area contributed by atoms with Crippen LogP contribution in [0.25, 0.3) is 0 Å². The first-order valence-corrected chi connectivity index (χ1v) is 5.81. The highest BCUT2D eigenvalue weighted by Crippen LogP contribution is 2.17. The molecule has 0 bridgehead atoms. The Balaban J connectivity index is 2.23. The third-order valence-corrected chi connectivity index (χ3v) is 2.40. The molecule has 0 fully saturated rings. The molecule has 1 aromatic carbocycles. The van der Waals surface area contributed by atoms with E-state index in [4.69, 9.17) is 4.74 Å². The van der Waals surface area contributed by atoms with Crippen molar-refractivity contribution in [1.82, 2.24) is 5.32 Å². The van der Waals surface area contributed by atoms with Gasteiger partial charge in [0.05, 0.1) is 0 Å². The van der Waals surface area contributed by atoms with Gasteiger partial charge in [-0.05, 0) is 32.9 Å². The predicted molar refractivity (Wildman–Crippen MR) is 65.7 cm³/mol. The summed E-state index contributed by atoms with van der Waals surface area (Å²) in [6, 6.07) is 5.66. The molecule has 0 aliphatic heterocycles. The molecule has 0 heterocycles. The van der Waals surface area contributed by atoms with Crippen molar-refractivity contribution in [2.45, 2.75) is 26.8 Å². The standard InChI is InChI=1S/C13H21NO2/c1-3-16-8-4-7-14-10-12-9-11(2)5-6-13(12)15/h5-6,9,14-15H,3-4,7-8,10H2,1-2H3. The molecule has 3 heteroatoms. The third-order valence-electron chi connectivity index (χ3n) is 2.40. The van der Waals surface area contributed by atoms with Crippen LogP contribution >= 0.6 is 0 Å². The molecule has 0 aliphatic rings. The van der Waals surface area contributed by atoms with Crippen LogP contribution in [0.2, 0.25) is 0 Å². The molecule has 2 N–H and O–H groups in total. The maximum atomic E-state index is 9.61. The molecule has 0 unspecified atom stereocenters. The molecule has 16 heavy (non-hydrogen) atoms. The molecule has 1 aromatic rings. The maximum absolute atomic E-state index is 9.61. The number of ether oxygens (including phenoxy) is 1. The third kappa shape index (κ3) is 4.64. The summed E-state index contributed by atoms with van der Waals surface area (Å²) in [5, 5.41) is 12.9. The van der Waals surface area contributed by atoms with Crippen LogP contribution in [0.15, 0.2) is 18.2 Å². The maximum Gasteiger partial charge on any atom is 0.120 e. The van der Waals surface area contributed by atoms with Gasteiger partial charge in [0, 0.05) is 25.3 Å². The number of nitrogens with one attached hydrogen (secondary N) is 1.